The number of ether oxygens (including phenoxy) is 1. The first-order chi connectivity index (χ1) is 8.95. The van der Waals surface area contributed by atoms with E-state index in [1.165, 1.54) is 12.7 Å². The van der Waals surface area contributed by atoms with Crippen molar-refractivity contribution in [3.63, 3.8) is 0 Å². The lowest BCUT2D eigenvalue weighted by molar-refractivity contribution is -0.142. The minimum Gasteiger partial charge on any atom is -0.468 e. The van der Waals surface area contributed by atoms with Crippen LogP contribution in [0.2, 0.25) is 0 Å². The molecule has 1 unspecified atom stereocenters. The minimum atomic E-state index is -0.750. The van der Waals surface area contributed by atoms with Gasteiger partial charge < -0.3 is 15.0 Å². The van der Waals surface area contributed by atoms with E-state index in [-0.39, 0.29) is 6.04 Å². The molecule has 2 N–H and O–H groups in total. The van der Waals surface area contributed by atoms with E-state index in [1.807, 2.05) is 13.0 Å². The minimum absolute atomic E-state index is 0.228. The van der Waals surface area contributed by atoms with E-state index in [0.29, 0.717) is 0 Å². The van der Waals surface area contributed by atoms with Crippen LogP contribution in [0.25, 0.3) is 10.9 Å². The third-order valence-electron chi connectivity index (χ3n) is 3.31. The number of aromatic nitrogens is 1. The Morgan fingerprint density at radius 1 is 1.32 bits per heavy atom. The zero-order valence-corrected chi connectivity index (χ0v) is 11.8. The van der Waals surface area contributed by atoms with Gasteiger partial charge in [0.15, 0.2) is 0 Å². The van der Waals surface area contributed by atoms with E-state index < -0.39 is 12.0 Å². The summed E-state index contributed by atoms with van der Waals surface area (Å²) >= 11 is 0. The maximum Gasteiger partial charge on any atom is 0.328 e. The van der Waals surface area contributed by atoms with Crippen LogP contribution < -0.4 is 5.73 Å². The van der Waals surface area contributed by atoms with Gasteiger partial charge in [-0.15, -0.1) is 0 Å². The lowest BCUT2D eigenvalue weighted by Gasteiger charge is -2.17. The molecule has 0 aliphatic carbocycles. The number of benzene rings is 1. The Bertz CT molecular complexity index is 614. The average Bonchev–Trinajstić information content (AvgIpc) is 2.75. The van der Waals surface area contributed by atoms with Crippen molar-refractivity contribution in [2.45, 2.75) is 32.9 Å². The molecule has 0 saturated carbocycles. The Balaban J connectivity index is 2.66. The van der Waals surface area contributed by atoms with E-state index in [0.717, 1.165) is 16.6 Å². The molecule has 4 nitrogen and oxygen atoms in total. The molecule has 0 saturated heterocycles. The summed E-state index contributed by atoms with van der Waals surface area (Å²) in [6.45, 7) is 6.20. The van der Waals surface area contributed by atoms with Crippen molar-refractivity contribution in [3.8, 4) is 0 Å². The van der Waals surface area contributed by atoms with Crippen LogP contribution in [0.15, 0.2) is 24.3 Å². The zero-order valence-electron chi connectivity index (χ0n) is 11.8. The largest absolute Gasteiger partial charge is 0.468 e. The topological polar surface area (TPSA) is 57.2 Å². The Labute approximate surface area is 113 Å². The Morgan fingerprint density at radius 2 is 2.00 bits per heavy atom. The molecule has 0 aliphatic rings. The van der Waals surface area contributed by atoms with E-state index in [4.69, 9.17) is 10.5 Å². The molecule has 1 atom stereocenters. The average molecular weight is 260 g/mol. The predicted octanol–water partition coefficient (Wildman–Crippen LogP) is 2.70. The molecule has 2 rings (SSSR count). The van der Waals surface area contributed by atoms with Crippen LogP contribution in [0.5, 0.6) is 0 Å². The van der Waals surface area contributed by atoms with Gasteiger partial charge in [-0.2, -0.15) is 0 Å². The molecule has 1 aromatic carbocycles. The molecule has 19 heavy (non-hydrogen) atoms. The SMILES string of the molecule is COC(=O)C(N)c1cc2cc(C)ccc2n1C(C)C. The van der Waals surface area contributed by atoms with Gasteiger partial charge >= 0.3 is 5.97 Å². The van der Waals surface area contributed by atoms with Gasteiger partial charge in [0, 0.05) is 22.6 Å². The van der Waals surface area contributed by atoms with Crippen LogP contribution in [0.1, 0.15) is 37.2 Å². The van der Waals surface area contributed by atoms with Crippen LogP contribution in [-0.4, -0.2) is 17.6 Å². The van der Waals surface area contributed by atoms with Crippen molar-refractivity contribution in [2.75, 3.05) is 7.11 Å². The van der Waals surface area contributed by atoms with Gasteiger partial charge in [0.2, 0.25) is 0 Å². The number of fused-ring (bicyclic) bond motifs is 1. The highest BCUT2D eigenvalue weighted by Crippen LogP contribution is 2.28. The first-order valence-electron chi connectivity index (χ1n) is 6.40. The summed E-state index contributed by atoms with van der Waals surface area (Å²) in [6.07, 6.45) is 0. The fourth-order valence-electron chi connectivity index (χ4n) is 2.44. The molecular formula is C15H20N2O2. The molecular weight excluding hydrogens is 240 g/mol. The zero-order chi connectivity index (χ0) is 14.2. The predicted molar refractivity (Wildman–Crippen MR) is 76.0 cm³/mol. The van der Waals surface area contributed by atoms with Crippen molar-refractivity contribution in [3.05, 3.63) is 35.5 Å². The third kappa shape index (κ3) is 2.36. The number of methoxy groups -OCH3 is 1. The van der Waals surface area contributed by atoms with Crippen molar-refractivity contribution in [1.82, 2.24) is 4.57 Å². The van der Waals surface area contributed by atoms with Crippen molar-refractivity contribution < 1.29 is 9.53 Å². The molecule has 0 amide bonds. The molecule has 1 aromatic heterocycles. The van der Waals surface area contributed by atoms with E-state index in [2.05, 4.69) is 36.6 Å². The standard InChI is InChI=1S/C15H20N2O2/c1-9(2)17-12-6-5-10(3)7-11(12)8-13(17)14(16)15(18)19-4/h5-9,14H,16H2,1-4H3. The highest BCUT2D eigenvalue weighted by Gasteiger charge is 2.23. The van der Waals surface area contributed by atoms with Crippen LogP contribution >= 0.6 is 0 Å². The molecule has 2 aromatic rings. The Hall–Kier alpha value is -1.81. The van der Waals surface area contributed by atoms with Gasteiger partial charge in [-0.25, -0.2) is 4.79 Å². The van der Waals surface area contributed by atoms with Gasteiger partial charge in [0.25, 0.3) is 0 Å². The summed E-state index contributed by atoms with van der Waals surface area (Å²) in [4.78, 5) is 11.7. The van der Waals surface area contributed by atoms with Crippen LogP contribution in [-0.2, 0) is 9.53 Å². The molecule has 0 fully saturated rings. The molecule has 4 heteroatoms. The number of carbonyl (C=O) groups excluding carboxylic acids is 1. The number of hydrogen-bond acceptors (Lipinski definition) is 3. The molecule has 0 bridgehead atoms. The maximum absolute atomic E-state index is 11.7. The second kappa shape index (κ2) is 5.05. The first kappa shape index (κ1) is 13.6. The van der Waals surface area contributed by atoms with Gasteiger partial charge in [0.1, 0.15) is 6.04 Å². The van der Waals surface area contributed by atoms with E-state index in [1.54, 1.807) is 0 Å². The smallest absolute Gasteiger partial charge is 0.328 e. The fraction of sp³-hybridized carbons (Fsp3) is 0.400. The number of esters is 1. The van der Waals surface area contributed by atoms with Crippen LogP contribution in [0.3, 0.4) is 0 Å². The first-order valence-corrected chi connectivity index (χ1v) is 6.40. The number of aryl methyl sites for hydroxylation is 1. The summed E-state index contributed by atoms with van der Waals surface area (Å²) in [5, 5.41) is 1.10. The second-order valence-electron chi connectivity index (χ2n) is 5.10. The van der Waals surface area contributed by atoms with Crippen molar-refractivity contribution >= 4 is 16.9 Å². The lowest BCUT2D eigenvalue weighted by atomic mass is 10.1. The molecule has 1 heterocycles. The summed E-state index contributed by atoms with van der Waals surface area (Å²) in [6, 6.07) is 7.68. The second-order valence-corrected chi connectivity index (χ2v) is 5.10. The van der Waals surface area contributed by atoms with Crippen molar-refractivity contribution in [1.29, 1.82) is 0 Å². The monoisotopic (exact) mass is 260 g/mol. The van der Waals surface area contributed by atoms with Crippen molar-refractivity contribution in [2.24, 2.45) is 5.73 Å². The Kier molecular flexibility index (Phi) is 3.62. The quantitative estimate of drug-likeness (QED) is 0.863. The lowest BCUT2D eigenvalue weighted by Crippen LogP contribution is -2.25. The highest BCUT2D eigenvalue weighted by molar-refractivity contribution is 5.85. The van der Waals surface area contributed by atoms with E-state index >= 15 is 0 Å². The maximum atomic E-state index is 11.7. The highest BCUT2D eigenvalue weighted by atomic mass is 16.5. The number of carbonyl (C=O) groups is 1. The third-order valence-corrected chi connectivity index (χ3v) is 3.31. The normalized spacial score (nSPS) is 12.9. The van der Waals surface area contributed by atoms with Crippen LogP contribution in [0, 0.1) is 6.92 Å². The van der Waals surface area contributed by atoms with Gasteiger partial charge in [0.05, 0.1) is 7.11 Å². The molecule has 0 spiro atoms. The number of nitrogens with two attached hydrogens (primary N) is 1. The Morgan fingerprint density at radius 3 is 2.58 bits per heavy atom. The number of rotatable bonds is 3. The summed E-state index contributed by atoms with van der Waals surface area (Å²) in [5.41, 5.74) is 9.07. The summed E-state index contributed by atoms with van der Waals surface area (Å²) in [5.74, 6) is -0.415. The van der Waals surface area contributed by atoms with E-state index in [9.17, 15) is 4.79 Å². The van der Waals surface area contributed by atoms with Gasteiger partial charge in [-0.3, -0.25) is 0 Å². The van der Waals surface area contributed by atoms with Crippen LogP contribution in [0.4, 0.5) is 0 Å². The fourth-order valence-corrected chi connectivity index (χ4v) is 2.44. The van der Waals surface area contributed by atoms with Gasteiger partial charge in [-0.1, -0.05) is 11.6 Å². The molecule has 0 aliphatic heterocycles. The van der Waals surface area contributed by atoms with Gasteiger partial charge in [-0.05, 0) is 39.0 Å². The molecule has 102 valence electrons. The molecule has 0 radical (unpaired) electrons. The summed E-state index contributed by atoms with van der Waals surface area (Å²) < 4.78 is 6.84. The summed E-state index contributed by atoms with van der Waals surface area (Å²) in [7, 11) is 1.36. The number of nitrogens with zero attached hydrogens (tertiary/aromatic N) is 1. The number of hydrogen-bond donors (Lipinski definition) is 1.